The van der Waals surface area contributed by atoms with Gasteiger partial charge in [0.15, 0.2) is 0 Å². The lowest BCUT2D eigenvalue weighted by Gasteiger charge is -2.27. The summed E-state index contributed by atoms with van der Waals surface area (Å²) in [6.45, 7) is 1.69. The van der Waals surface area contributed by atoms with Gasteiger partial charge in [-0.15, -0.1) is 0 Å². The molecule has 1 aliphatic heterocycles. The summed E-state index contributed by atoms with van der Waals surface area (Å²) < 4.78 is 44.2. The summed E-state index contributed by atoms with van der Waals surface area (Å²) in [7, 11) is 1.87. The zero-order chi connectivity index (χ0) is 14.8. The van der Waals surface area contributed by atoms with E-state index in [1.54, 1.807) is 6.07 Å². The van der Waals surface area contributed by atoms with Gasteiger partial charge in [0, 0.05) is 25.2 Å². The van der Waals surface area contributed by atoms with Gasteiger partial charge in [0.05, 0.1) is 12.2 Å². The molecule has 2 N–H and O–H groups in total. The van der Waals surface area contributed by atoms with E-state index >= 15 is 0 Å². The van der Waals surface area contributed by atoms with Gasteiger partial charge in [-0.1, -0.05) is 18.2 Å². The average Bonchev–Trinajstić information content (AvgIpc) is 2.91. The van der Waals surface area contributed by atoms with Crippen LogP contribution in [0.15, 0.2) is 24.3 Å². The maximum absolute atomic E-state index is 13.0. The number of ether oxygens (including phenoxy) is 1. The molecule has 0 radical (unpaired) electrons. The monoisotopic (exact) mass is 288 g/mol. The molecule has 1 aromatic rings. The summed E-state index contributed by atoms with van der Waals surface area (Å²) in [5, 5.41) is 0. The molecule has 20 heavy (non-hydrogen) atoms. The molecule has 1 saturated heterocycles. The zero-order valence-electron chi connectivity index (χ0n) is 11.4. The van der Waals surface area contributed by atoms with Crippen molar-refractivity contribution in [2.75, 3.05) is 26.8 Å². The van der Waals surface area contributed by atoms with E-state index in [-0.39, 0.29) is 11.6 Å². The summed E-state index contributed by atoms with van der Waals surface area (Å²) in [6, 6.07) is 5.06. The normalized spacial score (nSPS) is 21.4. The van der Waals surface area contributed by atoms with Crippen LogP contribution in [0.4, 0.5) is 13.2 Å². The van der Waals surface area contributed by atoms with Crippen LogP contribution in [0.1, 0.15) is 23.6 Å². The van der Waals surface area contributed by atoms with E-state index in [4.69, 9.17) is 10.5 Å². The highest BCUT2D eigenvalue weighted by Gasteiger charge is 2.34. The molecular weight excluding hydrogens is 269 g/mol. The molecule has 1 aliphatic rings. The molecule has 0 aliphatic carbocycles. The van der Waals surface area contributed by atoms with Crippen LogP contribution < -0.4 is 5.73 Å². The molecule has 3 nitrogen and oxygen atoms in total. The minimum absolute atomic E-state index is 0.144. The van der Waals surface area contributed by atoms with Gasteiger partial charge < -0.3 is 10.5 Å². The molecule has 0 spiro atoms. The minimum atomic E-state index is -4.37. The second-order valence-electron chi connectivity index (χ2n) is 5.15. The van der Waals surface area contributed by atoms with Crippen LogP contribution in [0.5, 0.6) is 0 Å². The summed E-state index contributed by atoms with van der Waals surface area (Å²) >= 11 is 0. The Bertz CT molecular complexity index is 444. The molecule has 0 bridgehead atoms. The number of hydrogen-bond acceptors (Lipinski definition) is 3. The third-order valence-corrected chi connectivity index (χ3v) is 3.68. The van der Waals surface area contributed by atoms with Crippen molar-refractivity contribution in [2.24, 2.45) is 5.73 Å². The van der Waals surface area contributed by atoms with Gasteiger partial charge in [0.2, 0.25) is 0 Å². The third-order valence-electron chi connectivity index (χ3n) is 3.68. The summed E-state index contributed by atoms with van der Waals surface area (Å²) in [4.78, 5) is 1.98. The number of halogens is 3. The van der Waals surface area contributed by atoms with Gasteiger partial charge in [-0.05, 0) is 25.1 Å². The Hall–Kier alpha value is -1.11. The largest absolute Gasteiger partial charge is 0.416 e. The van der Waals surface area contributed by atoms with Gasteiger partial charge in [0.25, 0.3) is 0 Å². The van der Waals surface area contributed by atoms with Crippen molar-refractivity contribution in [2.45, 2.75) is 24.7 Å². The minimum Gasteiger partial charge on any atom is -0.380 e. The first-order valence-electron chi connectivity index (χ1n) is 6.59. The first-order valence-corrected chi connectivity index (χ1v) is 6.59. The Balaban J connectivity index is 2.10. The number of benzene rings is 1. The molecule has 2 atom stereocenters. The molecule has 1 heterocycles. The van der Waals surface area contributed by atoms with E-state index in [1.807, 2.05) is 11.9 Å². The predicted molar refractivity (Wildman–Crippen MR) is 70.2 cm³/mol. The molecule has 6 heteroatoms. The fraction of sp³-hybridized carbons (Fsp3) is 0.571. The van der Waals surface area contributed by atoms with Crippen molar-refractivity contribution >= 4 is 0 Å². The third kappa shape index (κ3) is 3.50. The second-order valence-corrected chi connectivity index (χ2v) is 5.15. The van der Waals surface area contributed by atoms with E-state index in [1.165, 1.54) is 12.1 Å². The molecular formula is C14H19F3N2O. The molecule has 1 aromatic carbocycles. The molecule has 0 aromatic heterocycles. The lowest BCUT2D eigenvalue weighted by Crippen LogP contribution is -2.38. The Kier molecular flexibility index (Phi) is 4.67. The van der Waals surface area contributed by atoms with Crippen molar-refractivity contribution in [3.8, 4) is 0 Å². The van der Waals surface area contributed by atoms with Crippen LogP contribution in [0.25, 0.3) is 0 Å². The Labute approximate surface area is 116 Å². The second kappa shape index (κ2) is 6.11. The molecule has 1 fully saturated rings. The van der Waals surface area contributed by atoms with Crippen LogP contribution in [-0.2, 0) is 10.9 Å². The number of hydrogen-bond donors (Lipinski definition) is 1. The zero-order valence-corrected chi connectivity index (χ0v) is 11.4. The van der Waals surface area contributed by atoms with Crippen molar-refractivity contribution in [1.29, 1.82) is 0 Å². The quantitative estimate of drug-likeness (QED) is 0.924. The van der Waals surface area contributed by atoms with Gasteiger partial charge in [-0.3, -0.25) is 4.90 Å². The Morgan fingerprint density at radius 3 is 2.70 bits per heavy atom. The standard InChI is InChI=1S/C14H19F3N2O/c1-19(10-6-7-20-9-10)8-13(18)11-4-2-3-5-12(11)14(15,16)17/h2-5,10,13H,6-9,18H2,1H3. The van der Waals surface area contributed by atoms with E-state index in [9.17, 15) is 13.2 Å². The van der Waals surface area contributed by atoms with Gasteiger partial charge in [-0.2, -0.15) is 13.2 Å². The molecule has 2 unspecified atom stereocenters. The molecule has 0 amide bonds. The van der Waals surface area contributed by atoms with E-state index in [2.05, 4.69) is 0 Å². The summed E-state index contributed by atoms with van der Waals surface area (Å²) in [5.74, 6) is 0. The first kappa shape index (κ1) is 15.3. The highest BCUT2D eigenvalue weighted by molar-refractivity contribution is 5.32. The number of alkyl halides is 3. The molecule has 112 valence electrons. The molecule has 2 rings (SSSR count). The average molecular weight is 288 g/mol. The van der Waals surface area contributed by atoms with Crippen molar-refractivity contribution < 1.29 is 17.9 Å². The van der Waals surface area contributed by atoms with Crippen molar-refractivity contribution in [3.05, 3.63) is 35.4 Å². The van der Waals surface area contributed by atoms with E-state index in [0.29, 0.717) is 19.8 Å². The van der Waals surface area contributed by atoms with Crippen molar-refractivity contribution in [1.82, 2.24) is 4.90 Å². The maximum Gasteiger partial charge on any atom is 0.416 e. The van der Waals surface area contributed by atoms with Gasteiger partial charge >= 0.3 is 6.18 Å². The van der Waals surface area contributed by atoms with Crippen LogP contribution in [0.2, 0.25) is 0 Å². The van der Waals surface area contributed by atoms with E-state index < -0.39 is 17.8 Å². The van der Waals surface area contributed by atoms with Crippen LogP contribution in [0, 0.1) is 0 Å². The topological polar surface area (TPSA) is 38.5 Å². The van der Waals surface area contributed by atoms with Crippen LogP contribution in [0.3, 0.4) is 0 Å². The van der Waals surface area contributed by atoms with Gasteiger partial charge in [0.1, 0.15) is 0 Å². The summed E-state index contributed by atoms with van der Waals surface area (Å²) in [6.07, 6.45) is -3.48. The van der Waals surface area contributed by atoms with Crippen LogP contribution >= 0.6 is 0 Å². The number of nitrogens with two attached hydrogens (primary N) is 1. The lowest BCUT2D eigenvalue weighted by atomic mass is 9.99. The first-order chi connectivity index (χ1) is 9.39. The predicted octanol–water partition coefficient (Wildman–Crippen LogP) is 2.43. The van der Waals surface area contributed by atoms with E-state index in [0.717, 1.165) is 12.5 Å². The summed E-state index contributed by atoms with van der Waals surface area (Å²) in [5.41, 5.74) is 5.47. The lowest BCUT2D eigenvalue weighted by molar-refractivity contribution is -0.138. The fourth-order valence-electron chi connectivity index (χ4n) is 2.51. The number of likely N-dealkylation sites (N-methyl/N-ethyl adjacent to an activating group) is 1. The van der Waals surface area contributed by atoms with Gasteiger partial charge in [-0.25, -0.2) is 0 Å². The number of nitrogens with zero attached hydrogens (tertiary/aromatic N) is 1. The number of rotatable bonds is 4. The Morgan fingerprint density at radius 2 is 2.10 bits per heavy atom. The maximum atomic E-state index is 13.0. The molecule has 0 saturated carbocycles. The highest BCUT2D eigenvalue weighted by atomic mass is 19.4. The smallest absolute Gasteiger partial charge is 0.380 e. The highest BCUT2D eigenvalue weighted by Crippen LogP contribution is 2.34. The SMILES string of the molecule is CN(CC(N)c1ccccc1C(F)(F)F)C1CCOC1. The fourth-order valence-corrected chi connectivity index (χ4v) is 2.51. The van der Waals surface area contributed by atoms with Crippen LogP contribution in [-0.4, -0.2) is 37.7 Å². The van der Waals surface area contributed by atoms with Crippen molar-refractivity contribution in [3.63, 3.8) is 0 Å². The Morgan fingerprint density at radius 1 is 1.40 bits per heavy atom.